The number of carbonyl (C=O) groups is 1. The van der Waals surface area contributed by atoms with Gasteiger partial charge in [-0.05, 0) is 12.1 Å². The standard InChI is InChI=1S/C9H6N2O3/c12-9(13)8-10-4-6(5-11-8)7-2-1-3-14-7/h1-5H,(H,12,13). The summed E-state index contributed by atoms with van der Waals surface area (Å²) in [5.74, 6) is -0.752. The van der Waals surface area contributed by atoms with Gasteiger partial charge in [0, 0.05) is 12.4 Å². The average Bonchev–Trinajstić information content (AvgIpc) is 2.71. The maximum Gasteiger partial charge on any atom is 0.373 e. The minimum Gasteiger partial charge on any atom is -0.475 e. The van der Waals surface area contributed by atoms with Gasteiger partial charge >= 0.3 is 5.97 Å². The third-order valence-corrected chi connectivity index (χ3v) is 1.65. The molecule has 1 N–H and O–H groups in total. The van der Waals surface area contributed by atoms with Crippen molar-refractivity contribution in [3.63, 3.8) is 0 Å². The Morgan fingerprint density at radius 1 is 1.36 bits per heavy atom. The fourth-order valence-electron chi connectivity index (χ4n) is 1.01. The number of hydrogen-bond donors (Lipinski definition) is 1. The van der Waals surface area contributed by atoms with Gasteiger partial charge in [0.05, 0.1) is 11.8 Å². The van der Waals surface area contributed by atoms with Crippen LogP contribution in [-0.4, -0.2) is 21.0 Å². The van der Waals surface area contributed by atoms with Crippen LogP contribution in [-0.2, 0) is 0 Å². The van der Waals surface area contributed by atoms with Crippen LogP contribution >= 0.6 is 0 Å². The van der Waals surface area contributed by atoms with Gasteiger partial charge in [0.2, 0.25) is 5.82 Å². The minimum absolute atomic E-state index is 0.222. The second kappa shape index (κ2) is 3.29. The van der Waals surface area contributed by atoms with Crippen LogP contribution in [0.5, 0.6) is 0 Å². The zero-order chi connectivity index (χ0) is 9.97. The second-order valence-corrected chi connectivity index (χ2v) is 2.58. The Balaban J connectivity index is 2.36. The molecule has 0 spiro atoms. The van der Waals surface area contributed by atoms with E-state index in [0.717, 1.165) is 0 Å². The van der Waals surface area contributed by atoms with E-state index in [1.807, 2.05) is 0 Å². The smallest absolute Gasteiger partial charge is 0.373 e. The average molecular weight is 190 g/mol. The first-order valence-electron chi connectivity index (χ1n) is 3.86. The highest BCUT2D eigenvalue weighted by atomic mass is 16.4. The number of carboxylic acid groups (broad SMARTS) is 1. The normalized spacial score (nSPS) is 10.0. The van der Waals surface area contributed by atoms with Crippen LogP contribution in [0.1, 0.15) is 10.6 Å². The summed E-state index contributed by atoms with van der Waals surface area (Å²) in [6.07, 6.45) is 4.35. The van der Waals surface area contributed by atoms with Crippen LogP contribution in [0.2, 0.25) is 0 Å². The van der Waals surface area contributed by atoms with E-state index in [2.05, 4.69) is 9.97 Å². The molecule has 0 fully saturated rings. The molecule has 0 saturated carbocycles. The third-order valence-electron chi connectivity index (χ3n) is 1.65. The van der Waals surface area contributed by atoms with Crippen molar-refractivity contribution in [3.8, 4) is 11.3 Å². The van der Waals surface area contributed by atoms with Crippen molar-refractivity contribution in [3.05, 3.63) is 36.6 Å². The van der Waals surface area contributed by atoms with Crippen LogP contribution in [0.15, 0.2) is 35.2 Å². The number of aromatic nitrogens is 2. The Bertz CT molecular complexity index is 434. The zero-order valence-corrected chi connectivity index (χ0v) is 7.04. The monoisotopic (exact) mass is 190 g/mol. The van der Waals surface area contributed by atoms with Gasteiger partial charge in [0.15, 0.2) is 0 Å². The van der Waals surface area contributed by atoms with Crippen molar-refractivity contribution in [2.75, 3.05) is 0 Å². The maximum atomic E-state index is 10.5. The Labute approximate surface area is 79.0 Å². The van der Waals surface area contributed by atoms with Crippen LogP contribution in [0.4, 0.5) is 0 Å². The highest BCUT2D eigenvalue weighted by Crippen LogP contribution is 2.17. The number of nitrogens with zero attached hydrogens (tertiary/aromatic N) is 2. The van der Waals surface area contributed by atoms with Crippen molar-refractivity contribution in [1.82, 2.24) is 9.97 Å². The predicted octanol–water partition coefficient (Wildman–Crippen LogP) is 1.43. The van der Waals surface area contributed by atoms with E-state index >= 15 is 0 Å². The first-order valence-corrected chi connectivity index (χ1v) is 3.86. The molecule has 0 aromatic carbocycles. The summed E-state index contributed by atoms with van der Waals surface area (Å²) in [6.45, 7) is 0. The molecule has 2 rings (SSSR count). The molecule has 2 aromatic heterocycles. The third kappa shape index (κ3) is 1.47. The lowest BCUT2D eigenvalue weighted by Gasteiger charge is -1.95. The Morgan fingerprint density at radius 3 is 2.57 bits per heavy atom. The molecule has 0 bridgehead atoms. The highest BCUT2D eigenvalue weighted by molar-refractivity contribution is 5.83. The summed E-state index contributed by atoms with van der Waals surface area (Å²) < 4.78 is 5.09. The van der Waals surface area contributed by atoms with E-state index < -0.39 is 5.97 Å². The van der Waals surface area contributed by atoms with Gasteiger partial charge in [0.1, 0.15) is 5.76 Å². The van der Waals surface area contributed by atoms with Crippen molar-refractivity contribution < 1.29 is 14.3 Å². The van der Waals surface area contributed by atoms with Crippen molar-refractivity contribution in [2.45, 2.75) is 0 Å². The van der Waals surface area contributed by atoms with Gasteiger partial charge in [-0.15, -0.1) is 0 Å². The van der Waals surface area contributed by atoms with E-state index in [4.69, 9.17) is 9.52 Å². The molecule has 0 unspecified atom stereocenters. The number of aromatic carboxylic acids is 1. The van der Waals surface area contributed by atoms with Gasteiger partial charge in [-0.25, -0.2) is 14.8 Å². The summed E-state index contributed by atoms with van der Waals surface area (Å²) >= 11 is 0. The summed E-state index contributed by atoms with van der Waals surface area (Å²) in [5, 5.41) is 8.56. The SMILES string of the molecule is O=C(O)c1ncc(-c2ccco2)cn1. The number of furan rings is 1. The van der Waals surface area contributed by atoms with Gasteiger partial charge in [-0.2, -0.15) is 0 Å². The molecule has 0 aliphatic rings. The quantitative estimate of drug-likeness (QED) is 0.775. The van der Waals surface area contributed by atoms with Gasteiger partial charge in [-0.3, -0.25) is 0 Å². The lowest BCUT2D eigenvalue weighted by atomic mass is 10.3. The minimum atomic E-state index is -1.14. The molecule has 2 aromatic rings. The lowest BCUT2D eigenvalue weighted by molar-refractivity contribution is 0.0683. The predicted molar refractivity (Wildman–Crippen MR) is 46.7 cm³/mol. The molecule has 0 radical (unpaired) electrons. The molecule has 0 atom stereocenters. The zero-order valence-electron chi connectivity index (χ0n) is 7.04. The molecule has 5 heteroatoms. The molecular weight excluding hydrogens is 184 g/mol. The molecular formula is C9H6N2O3. The summed E-state index contributed by atoms with van der Waals surface area (Å²) in [4.78, 5) is 17.8. The summed E-state index contributed by atoms with van der Waals surface area (Å²) in [5.41, 5.74) is 0.653. The Kier molecular flexibility index (Phi) is 1.98. The van der Waals surface area contributed by atoms with E-state index in [-0.39, 0.29) is 5.82 Å². The molecule has 0 amide bonds. The van der Waals surface area contributed by atoms with E-state index in [0.29, 0.717) is 11.3 Å². The molecule has 0 aliphatic carbocycles. The largest absolute Gasteiger partial charge is 0.475 e. The fraction of sp³-hybridized carbons (Fsp3) is 0. The van der Waals surface area contributed by atoms with Gasteiger partial charge in [-0.1, -0.05) is 0 Å². The van der Waals surface area contributed by atoms with Crippen molar-refractivity contribution >= 4 is 5.97 Å². The second-order valence-electron chi connectivity index (χ2n) is 2.58. The number of carboxylic acids is 1. The Hall–Kier alpha value is -2.17. The lowest BCUT2D eigenvalue weighted by Crippen LogP contribution is -2.02. The molecule has 0 saturated heterocycles. The molecule has 14 heavy (non-hydrogen) atoms. The van der Waals surface area contributed by atoms with Crippen LogP contribution < -0.4 is 0 Å². The Morgan fingerprint density at radius 2 is 2.07 bits per heavy atom. The topological polar surface area (TPSA) is 76.2 Å². The van der Waals surface area contributed by atoms with Gasteiger partial charge in [0.25, 0.3) is 0 Å². The van der Waals surface area contributed by atoms with Crippen LogP contribution in [0, 0.1) is 0 Å². The number of rotatable bonds is 2. The van der Waals surface area contributed by atoms with E-state index in [9.17, 15) is 4.79 Å². The fourth-order valence-corrected chi connectivity index (χ4v) is 1.01. The highest BCUT2D eigenvalue weighted by Gasteiger charge is 2.07. The summed E-state index contributed by atoms with van der Waals surface area (Å²) in [7, 11) is 0. The first kappa shape index (κ1) is 8.43. The number of hydrogen-bond acceptors (Lipinski definition) is 4. The van der Waals surface area contributed by atoms with Crippen molar-refractivity contribution in [2.24, 2.45) is 0 Å². The van der Waals surface area contributed by atoms with Gasteiger partial charge < -0.3 is 9.52 Å². The molecule has 70 valence electrons. The van der Waals surface area contributed by atoms with Crippen LogP contribution in [0.25, 0.3) is 11.3 Å². The van der Waals surface area contributed by atoms with E-state index in [1.54, 1.807) is 12.1 Å². The van der Waals surface area contributed by atoms with Crippen molar-refractivity contribution in [1.29, 1.82) is 0 Å². The first-order chi connectivity index (χ1) is 6.77. The molecule has 0 aliphatic heterocycles. The summed E-state index contributed by atoms with van der Waals surface area (Å²) in [6, 6.07) is 3.49. The van der Waals surface area contributed by atoms with Crippen LogP contribution in [0.3, 0.4) is 0 Å². The molecule has 2 heterocycles. The molecule has 5 nitrogen and oxygen atoms in total. The maximum absolute atomic E-state index is 10.5. The van der Waals surface area contributed by atoms with E-state index in [1.165, 1.54) is 18.7 Å².